The highest BCUT2D eigenvalue weighted by molar-refractivity contribution is 5.23. The first-order valence-corrected chi connectivity index (χ1v) is 8.86. The zero-order valence-corrected chi connectivity index (χ0v) is 14.2. The molecule has 0 aliphatic carbocycles. The molecule has 1 aliphatic rings. The average molecular weight is 312 g/mol. The summed E-state index contributed by atoms with van der Waals surface area (Å²) >= 11 is 0. The smallest absolute Gasteiger partial charge is 0.117 e. The number of likely N-dealkylation sites (tertiary alicyclic amines) is 1. The third-order valence-electron chi connectivity index (χ3n) is 4.52. The van der Waals surface area contributed by atoms with Crippen molar-refractivity contribution in [3.63, 3.8) is 0 Å². The van der Waals surface area contributed by atoms with E-state index in [-0.39, 0.29) is 0 Å². The lowest BCUT2D eigenvalue weighted by molar-refractivity contribution is 0.277. The van der Waals surface area contributed by atoms with Gasteiger partial charge in [0.05, 0.1) is 6.54 Å². The molecule has 0 amide bonds. The van der Waals surface area contributed by atoms with E-state index in [2.05, 4.69) is 34.5 Å². The highest BCUT2D eigenvalue weighted by Gasteiger charge is 2.09. The molecule has 3 nitrogen and oxygen atoms in total. The molecule has 1 saturated heterocycles. The standard InChI is InChI=1S/C20H28N2O/c1-17-9-10-20(23-17)15-21-14-18-7-6-8-19(13-18)16-22-11-4-2-3-5-12-22/h6-10,13,21H,2-5,11-12,14-16H2,1H3. The van der Waals surface area contributed by atoms with Crippen molar-refractivity contribution in [2.75, 3.05) is 13.1 Å². The Bertz CT molecular complexity index is 597. The molecule has 23 heavy (non-hydrogen) atoms. The maximum atomic E-state index is 5.59. The van der Waals surface area contributed by atoms with Gasteiger partial charge in [-0.25, -0.2) is 0 Å². The van der Waals surface area contributed by atoms with Crippen LogP contribution in [0, 0.1) is 6.92 Å². The van der Waals surface area contributed by atoms with Gasteiger partial charge in [0.2, 0.25) is 0 Å². The van der Waals surface area contributed by atoms with E-state index in [1.54, 1.807) is 0 Å². The SMILES string of the molecule is Cc1ccc(CNCc2cccc(CN3CCCCCC3)c2)o1. The Labute approximate surface area is 139 Å². The topological polar surface area (TPSA) is 28.4 Å². The van der Waals surface area contributed by atoms with Crippen molar-refractivity contribution >= 4 is 0 Å². The highest BCUT2D eigenvalue weighted by Crippen LogP contribution is 2.14. The molecule has 1 aromatic heterocycles. The monoisotopic (exact) mass is 312 g/mol. The Hall–Kier alpha value is -1.58. The summed E-state index contributed by atoms with van der Waals surface area (Å²) in [6.45, 7) is 7.24. The molecule has 2 heterocycles. The molecular formula is C20H28N2O. The number of nitrogens with zero attached hydrogens (tertiary/aromatic N) is 1. The van der Waals surface area contributed by atoms with Gasteiger partial charge in [-0.1, -0.05) is 37.1 Å². The van der Waals surface area contributed by atoms with Crippen LogP contribution in [0.1, 0.15) is 48.3 Å². The van der Waals surface area contributed by atoms with Crippen molar-refractivity contribution in [3.8, 4) is 0 Å². The van der Waals surface area contributed by atoms with E-state index < -0.39 is 0 Å². The predicted molar refractivity (Wildman–Crippen MR) is 94.2 cm³/mol. The van der Waals surface area contributed by atoms with Crippen LogP contribution in [0.2, 0.25) is 0 Å². The fourth-order valence-corrected chi connectivity index (χ4v) is 3.30. The summed E-state index contributed by atoms with van der Waals surface area (Å²) in [4.78, 5) is 2.60. The van der Waals surface area contributed by atoms with Crippen molar-refractivity contribution < 1.29 is 4.42 Å². The van der Waals surface area contributed by atoms with Gasteiger partial charge < -0.3 is 9.73 Å². The lowest BCUT2D eigenvalue weighted by Crippen LogP contribution is -2.24. The number of furan rings is 1. The fraction of sp³-hybridized carbons (Fsp3) is 0.500. The molecule has 3 rings (SSSR count). The van der Waals surface area contributed by atoms with Crippen LogP contribution in [-0.4, -0.2) is 18.0 Å². The quantitative estimate of drug-likeness (QED) is 0.864. The second kappa shape index (κ2) is 8.32. The van der Waals surface area contributed by atoms with Crippen LogP contribution in [0.3, 0.4) is 0 Å². The average Bonchev–Trinajstić information content (AvgIpc) is 2.80. The first-order valence-electron chi connectivity index (χ1n) is 8.86. The van der Waals surface area contributed by atoms with Gasteiger partial charge in [0, 0.05) is 13.1 Å². The first-order chi connectivity index (χ1) is 11.3. The lowest BCUT2D eigenvalue weighted by atomic mass is 10.1. The van der Waals surface area contributed by atoms with Crippen LogP contribution in [-0.2, 0) is 19.6 Å². The van der Waals surface area contributed by atoms with Crippen molar-refractivity contribution in [1.29, 1.82) is 0 Å². The zero-order valence-electron chi connectivity index (χ0n) is 14.2. The summed E-state index contributed by atoms with van der Waals surface area (Å²) in [6, 6.07) is 13.0. The van der Waals surface area contributed by atoms with Gasteiger partial charge in [-0.05, 0) is 56.1 Å². The molecule has 1 fully saturated rings. The van der Waals surface area contributed by atoms with E-state index in [9.17, 15) is 0 Å². The highest BCUT2D eigenvalue weighted by atomic mass is 16.3. The Morgan fingerprint density at radius 1 is 0.957 bits per heavy atom. The van der Waals surface area contributed by atoms with Crippen molar-refractivity contribution in [2.45, 2.75) is 52.2 Å². The zero-order chi connectivity index (χ0) is 15.9. The number of benzene rings is 1. The molecule has 0 atom stereocenters. The summed E-state index contributed by atoms with van der Waals surface area (Å²) in [5.41, 5.74) is 2.78. The number of nitrogens with one attached hydrogen (secondary N) is 1. The van der Waals surface area contributed by atoms with Crippen LogP contribution in [0.25, 0.3) is 0 Å². The number of rotatable bonds is 6. The largest absolute Gasteiger partial charge is 0.465 e. The third-order valence-corrected chi connectivity index (χ3v) is 4.52. The maximum absolute atomic E-state index is 5.59. The Morgan fingerprint density at radius 3 is 2.48 bits per heavy atom. The maximum Gasteiger partial charge on any atom is 0.117 e. The summed E-state index contributed by atoms with van der Waals surface area (Å²) in [6.07, 6.45) is 5.49. The van der Waals surface area contributed by atoms with Gasteiger partial charge in [-0.15, -0.1) is 0 Å². The van der Waals surface area contributed by atoms with Gasteiger partial charge in [-0.2, -0.15) is 0 Å². The second-order valence-electron chi connectivity index (χ2n) is 6.63. The Balaban J connectivity index is 1.50. The summed E-state index contributed by atoms with van der Waals surface area (Å²) in [5.74, 6) is 1.98. The van der Waals surface area contributed by atoms with Gasteiger partial charge in [-0.3, -0.25) is 4.90 Å². The van der Waals surface area contributed by atoms with Crippen LogP contribution >= 0.6 is 0 Å². The van der Waals surface area contributed by atoms with E-state index in [0.29, 0.717) is 0 Å². The Kier molecular flexibility index (Phi) is 5.89. The van der Waals surface area contributed by atoms with Crippen LogP contribution in [0.15, 0.2) is 40.8 Å². The van der Waals surface area contributed by atoms with E-state index in [1.807, 2.05) is 19.1 Å². The van der Waals surface area contributed by atoms with E-state index >= 15 is 0 Å². The molecule has 0 bridgehead atoms. The molecular weight excluding hydrogens is 284 g/mol. The molecule has 1 aromatic carbocycles. The minimum atomic E-state index is 0.782. The molecule has 2 aromatic rings. The fourth-order valence-electron chi connectivity index (χ4n) is 3.30. The van der Waals surface area contributed by atoms with Crippen LogP contribution in [0.5, 0.6) is 0 Å². The number of aryl methyl sites for hydroxylation is 1. The van der Waals surface area contributed by atoms with Crippen LogP contribution < -0.4 is 5.32 Å². The molecule has 0 spiro atoms. The van der Waals surface area contributed by atoms with E-state index in [4.69, 9.17) is 4.42 Å². The molecule has 124 valence electrons. The molecule has 1 aliphatic heterocycles. The molecule has 0 unspecified atom stereocenters. The van der Waals surface area contributed by atoms with Crippen molar-refractivity contribution in [1.82, 2.24) is 10.2 Å². The molecule has 3 heteroatoms. The van der Waals surface area contributed by atoms with Gasteiger partial charge in [0.15, 0.2) is 0 Å². The second-order valence-corrected chi connectivity index (χ2v) is 6.63. The van der Waals surface area contributed by atoms with Gasteiger partial charge >= 0.3 is 0 Å². The Morgan fingerprint density at radius 2 is 1.74 bits per heavy atom. The number of hydrogen-bond donors (Lipinski definition) is 1. The van der Waals surface area contributed by atoms with Crippen LogP contribution in [0.4, 0.5) is 0 Å². The lowest BCUT2D eigenvalue weighted by Gasteiger charge is -2.20. The summed E-state index contributed by atoms with van der Waals surface area (Å²) in [5, 5.41) is 3.46. The summed E-state index contributed by atoms with van der Waals surface area (Å²) < 4.78 is 5.59. The van der Waals surface area contributed by atoms with Crippen molar-refractivity contribution in [2.24, 2.45) is 0 Å². The molecule has 1 N–H and O–H groups in total. The van der Waals surface area contributed by atoms with E-state index in [1.165, 1.54) is 49.9 Å². The minimum absolute atomic E-state index is 0.782. The van der Waals surface area contributed by atoms with Crippen molar-refractivity contribution in [3.05, 3.63) is 59.0 Å². The first kappa shape index (κ1) is 16.3. The molecule has 0 saturated carbocycles. The molecule has 0 radical (unpaired) electrons. The predicted octanol–water partition coefficient (Wildman–Crippen LogP) is 4.25. The van der Waals surface area contributed by atoms with Gasteiger partial charge in [0.25, 0.3) is 0 Å². The number of hydrogen-bond acceptors (Lipinski definition) is 3. The third kappa shape index (κ3) is 5.22. The van der Waals surface area contributed by atoms with E-state index in [0.717, 1.165) is 31.2 Å². The summed E-state index contributed by atoms with van der Waals surface area (Å²) in [7, 11) is 0. The van der Waals surface area contributed by atoms with Gasteiger partial charge in [0.1, 0.15) is 11.5 Å². The minimum Gasteiger partial charge on any atom is -0.465 e. The normalized spacial score (nSPS) is 16.4.